The highest BCUT2D eigenvalue weighted by molar-refractivity contribution is 6.31. The lowest BCUT2D eigenvalue weighted by atomic mass is 10.2. The van der Waals surface area contributed by atoms with E-state index < -0.39 is 0 Å². The number of halogens is 1. The van der Waals surface area contributed by atoms with Crippen LogP contribution in [-0.4, -0.2) is 32.8 Å². The molecule has 1 rings (SSSR count). The summed E-state index contributed by atoms with van der Waals surface area (Å²) in [6.45, 7) is 1.34. The Kier molecular flexibility index (Phi) is 6.62. The molecular weight excluding hydrogens is 242 g/mol. The van der Waals surface area contributed by atoms with Crippen molar-refractivity contribution >= 4 is 17.5 Å². The van der Waals surface area contributed by atoms with E-state index in [0.29, 0.717) is 24.8 Å². The second-order valence-electron chi connectivity index (χ2n) is 3.41. The summed E-state index contributed by atoms with van der Waals surface area (Å²) in [6.07, 6.45) is 0. The number of hydrogen-bond acceptors (Lipinski definition) is 3. The molecule has 17 heavy (non-hydrogen) atoms. The first-order valence-electron chi connectivity index (χ1n) is 5.31. The SMILES string of the molecule is COCCOCC(=O)NCc1ccccc1Cl. The second-order valence-corrected chi connectivity index (χ2v) is 3.82. The fourth-order valence-electron chi connectivity index (χ4n) is 1.19. The first-order valence-corrected chi connectivity index (χ1v) is 5.68. The van der Waals surface area contributed by atoms with Crippen molar-refractivity contribution in [3.8, 4) is 0 Å². The number of nitrogens with one attached hydrogen (secondary N) is 1. The highest BCUT2D eigenvalue weighted by Gasteiger charge is 2.03. The number of benzene rings is 1. The average Bonchev–Trinajstić information content (AvgIpc) is 2.34. The van der Waals surface area contributed by atoms with Gasteiger partial charge in [0.05, 0.1) is 13.2 Å². The molecule has 5 heteroatoms. The summed E-state index contributed by atoms with van der Waals surface area (Å²) in [5, 5.41) is 3.37. The number of carbonyl (C=O) groups excluding carboxylic acids is 1. The molecule has 4 nitrogen and oxygen atoms in total. The van der Waals surface area contributed by atoms with Crippen molar-refractivity contribution in [2.24, 2.45) is 0 Å². The van der Waals surface area contributed by atoms with Gasteiger partial charge in [0.1, 0.15) is 6.61 Å². The number of carbonyl (C=O) groups is 1. The maximum Gasteiger partial charge on any atom is 0.246 e. The highest BCUT2D eigenvalue weighted by Crippen LogP contribution is 2.13. The third-order valence-electron chi connectivity index (χ3n) is 2.10. The Labute approximate surface area is 106 Å². The maximum atomic E-state index is 11.4. The summed E-state index contributed by atoms with van der Waals surface area (Å²) in [6, 6.07) is 7.39. The molecule has 1 amide bonds. The summed E-state index contributed by atoms with van der Waals surface area (Å²) < 4.78 is 9.88. The van der Waals surface area contributed by atoms with Crippen molar-refractivity contribution in [3.05, 3.63) is 34.9 Å². The standard InChI is InChI=1S/C12H16ClNO3/c1-16-6-7-17-9-12(15)14-8-10-4-2-3-5-11(10)13/h2-5H,6-9H2,1H3,(H,14,15). The molecule has 0 saturated heterocycles. The number of amides is 1. The lowest BCUT2D eigenvalue weighted by molar-refractivity contribution is -0.126. The van der Waals surface area contributed by atoms with Crippen LogP contribution in [0.2, 0.25) is 5.02 Å². The molecule has 0 bridgehead atoms. The van der Waals surface area contributed by atoms with E-state index >= 15 is 0 Å². The smallest absolute Gasteiger partial charge is 0.246 e. The van der Waals surface area contributed by atoms with Crippen LogP contribution in [-0.2, 0) is 20.8 Å². The Morgan fingerprint density at radius 3 is 2.82 bits per heavy atom. The minimum absolute atomic E-state index is 0.0355. The van der Waals surface area contributed by atoms with Crippen LogP contribution in [0.4, 0.5) is 0 Å². The lowest BCUT2D eigenvalue weighted by Crippen LogP contribution is -2.27. The van der Waals surface area contributed by atoms with Gasteiger partial charge in [-0.3, -0.25) is 4.79 Å². The lowest BCUT2D eigenvalue weighted by Gasteiger charge is -2.07. The maximum absolute atomic E-state index is 11.4. The molecule has 1 N–H and O–H groups in total. The fraction of sp³-hybridized carbons (Fsp3) is 0.417. The van der Waals surface area contributed by atoms with Gasteiger partial charge in [0.25, 0.3) is 0 Å². The van der Waals surface area contributed by atoms with Crippen LogP contribution in [0.25, 0.3) is 0 Å². The van der Waals surface area contributed by atoms with Crippen molar-refractivity contribution in [1.29, 1.82) is 0 Å². The molecule has 0 atom stereocenters. The van der Waals surface area contributed by atoms with Crippen molar-refractivity contribution in [1.82, 2.24) is 5.32 Å². The number of hydrogen-bond donors (Lipinski definition) is 1. The van der Waals surface area contributed by atoms with Crippen molar-refractivity contribution in [2.45, 2.75) is 6.54 Å². The van der Waals surface area contributed by atoms with Crippen LogP contribution in [0.1, 0.15) is 5.56 Å². The van der Waals surface area contributed by atoms with E-state index in [1.807, 2.05) is 18.2 Å². The third-order valence-corrected chi connectivity index (χ3v) is 2.47. The Hall–Kier alpha value is -1.10. The van der Waals surface area contributed by atoms with Crippen molar-refractivity contribution in [2.75, 3.05) is 26.9 Å². The topological polar surface area (TPSA) is 47.6 Å². The Bertz CT molecular complexity index is 357. The molecule has 0 aromatic heterocycles. The Morgan fingerprint density at radius 2 is 2.12 bits per heavy atom. The molecule has 1 aromatic rings. The summed E-state index contributed by atoms with van der Waals surface area (Å²) in [5.41, 5.74) is 0.888. The average molecular weight is 258 g/mol. The summed E-state index contributed by atoms with van der Waals surface area (Å²) >= 11 is 5.95. The van der Waals surface area contributed by atoms with Crippen LogP contribution in [0.3, 0.4) is 0 Å². The summed E-state index contributed by atoms with van der Waals surface area (Å²) in [5.74, 6) is -0.166. The zero-order valence-electron chi connectivity index (χ0n) is 9.74. The fourth-order valence-corrected chi connectivity index (χ4v) is 1.40. The summed E-state index contributed by atoms with van der Waals surface area (Å²) in [7, 11) is 1.58. The van der Waals surface area contributed by atoms with Crippen LogP contribution in [0.5, 0.6) is 0 Å². The Morgan fingerprint density at radius 1 is 1.35 bits per heavy atom. The molecule has 0 heterocycles. The van der Waals surface area contributed by atoms with E-state index in [4.69, 9.17) is 21.1 Å². The van der Waals surface area contributed by atoms with Gasteiger partial charge in [0, 0.05) is 18.7 Å². The van der Waals surface area contributed by atoms with E-state index in [1.54, 1.807) is 13.2 Å². The molecule has 0 saturated carbocycles. The minimum atomic E-state index is -0.166. The zero-order chi connectivity index (χ0) is 12.5. The molecule has 0 aliphatic carbocycles. The molecule has 1 aromatic carbocycles. The molecule has 0 radical (unpaired) electrons. The molecule has 0 spiro atoms. The van der Waals surface area contributed by atoms with Gasteiger partial charge in [-0.25, -0.2) is 0 Å². The third kappa shape index (κ3) is 5.68. The molecule has 0 aliphatic heterocycles. The molecular formula is C12H16ClNO3. The second kappa shape index (κ2) is 8.06. The van der Waals surface area contributed by atoms with Gasteiger partial charge in [0.2, 0.25) is 5.91 Å². The quantitative estimate of drug-likeness (QED) is 0.755. The van der Waals surface area contributed by atoms with Gasteiger partial charge in [-0.05, 0) is 11.6 Å². The van der Waals surface area contributed by atoms with Crippen molar-refractivity contribution in [3.63, 3.8) is 0 Å². The van der Waals surface area contributed by atoms with Gasteiger partial charge < -0.3 is 14.8 Å². The van der Waals surface area contributed by atoms with Crippen LogP contribution < -0.4 is 5.32 Å². The minimum Gasteiger partial charge on any atom is -0.382 e. The first kappa shape index (κ1) is 14.0. The van der Waals surface area contributed by atoms with Gasteiger partial charge in [-0.1, -0.05) is 29.8 Å². The highest BCUT2D eigenvalue weighted by atomic mass is 35.5. The van der Waals surface area contributed by atoms with Gasteiger partial charge >= 0.3 is 0 Å². The van der Waals surface area contributed by atoms with Crippen molar-refractivity contribution < 1.29 is 14.3 Å². The van der Waals surface area contributed by atoms with Crippen LogP contribution in [0.15, 0.2) is 24.3 Å². The predicted octanol–water partition coefficient (Wildman–Crippen LogP) is 1.62. The van der Waals surface area contributed by atoms with Gasteiger partial charge in [-0.2, -0.15) is 0 Å². The summed E-state index contributed by atoms with van der Waals surface area (Å²) in [4.78, 5) is 11.4. The number of methoxy groups -OCH3 is 1. The van der Waals surface area contributed by atoms with Gasteiger partial charge in [-0.15, -0.1) is 0 Å². The predicted molar refractivity (Wildman–Crippen MR) is 66.0 cm³/mol. The van der Waals surface area contributed by atoms with E-state index in [0.717, 1.165) is 5.56 Å². The van der Waals surface area contributed by atoms with Crippen LogP contribution in [0, 0.1) is 0 Å². The zero-order valence-corrected chi connectivity index (χ0v) is 10.5. The van der Waals surface area contributed by atoms with E-state index in [2.05, 4.69) is 5.32 Å². The van der Waals surface area contributed by atoms with E-state index in [1.165, 1.54) is 0 Å². The normalized spacial score (nSPS) is 10.2. The van der Waals surface area contributed by atoms with Crippen LogP contribution >= 0.6 is 11.6 Å². The molecule has 94 valence electrons. The molecule has 0 fully saturated rings. The first-order chi connectivity index (χ1) is 8.24. The molecule has 0 unspecified atom stereocenters. The van der Waals surface area contributed by atoms with E-state index in [9.17, 15) is 4.79 Å². The van der Waals surface area contributed by atoms with E-state index in [-0.39, 0.29) is 12.5 Å². The number of rotatable bonds is 7. The Balaban J connectivity index is 2.22. The largest absolute Gasteiger partial charge is 0.382 e. The molecule has 0 aliphatic rings. The van der Waals surface area contributed by atoms with Gasteiger partial charge in [0.15, 0.2) is 0 Å². The monoisotopic (exact) mass is 257 g/mol. The number of ether oxygens (including phenoxy) is 2.